The summed E-state index contributed by atoms with van der Waals surface area (Å²) in [6, 6.07) is 11.7. The SMILES string of the molecule is Cc1cccc(CS(=O)(=O)Cc2ccc(F)c(CN)c2)c1. The Labute approximate surface area is 124 Å². The van der Waals surface area contributed by atoms with Crippen LogP contribution in [-0.2, 0) is 27.9 Å². The van der Waals surface area contributed by atoms with Gasteiger partial charge in [0.2, 0.25) is 0 Å². The van der Waals surface area contributed by atoms with E-state index in [1.165, 1.54) is 18.2 Å². The fourth-order valence-electron chi connectivity index (χ4n) is 2.24. The van der Waals surface area contributed by atoms with Crippen LogP contribution in [0, 0.1) is 12.7 Å². The number of sulfone groups is 1. The quantitative estimate of drug-likeness (QED) is 0.924. The normalized spacial score (nSPS) is 11.6. The summed E-state index contributed by atoms with van der Waals surface area (Å²) >= 11 is 0. The van der Waals surface area contributed by atoms with E-state index in [1.54, 1.807) is 6.07 Å². The number of hydrogen-bond donors (Lipinski definition) is 1. The smallest absolute Gasteiger partial charge is 0.158 e. The zero-order valence-corrected chi connectivity index (χ0v) is 12.7. The minimum Gasteiger partial charge on any atom is -0.326 e. The highest BCUT2D eigenvalue weighted by Crippen LogP contribution is 2.16. The molecule has 0 atom stereocenters. The monoisotopic (exact) mass is 307 g/mol. The Kier molecular flexibility index (Phi) is 4.75. The molecule has 0 unspecified atom stereocenters. The van der Waals surface area contributed by atoms with Crippen molar-refractivity contribution in [2.75, 3.05) is 0 Å². The van der Waals surface area contributed by atoms with E-state index in [9.17, 15) is 12.8 Å². The average Bonchev–Trinajstić information content (AvgIpc) is 2.40. The first-order valence-corrected chi connectivity index (χ1v) is 8.45. The fourth-order valence-corrected chi connectivity index (χ4v) is 3.71. The van der Waals surface area contributed by atoms with E-state index in [2.05, 4.69) is 0 Å². The molecule has 3 nitrogen and oxygen atoms in total. The van der Waals surface area contributed by atoms with Gasteiger partial charge >= 0.3 is 0 Å². The van der Waals surface area contributed by atoms with E-state index in [0.717, 1.165) is 11.1 Å². The molecule has 112 valence electrons. The Bertz CT molecular complexity index is 742. The molecule has 0 bridgehead atoms. The third-order valence-electron chi connectivity index (χ3n) is 3.19. The number of rotatable bonds is 5. The molecule has 2 aromatic carbocycles. The van der Waals surface area contributed by atoms with Crippen LogP contribution in [0.2, 0.25) is 0 Å². The van der Waals surface area contributed by atoms with Gasteiger partial charge in [0.1, 0.15) is 5.82 Å². The number of halogens is 1. The fraction of sp³-hybridized carbons (Fsp3) is 0.250. The van der Waals surface area contributed by atoms with E-state index in [4.69, 9.17) is 5.73 Å². The van der Waals surface area contributed by atoms with Crippen LogP contribution in [0.1, 0.15) is 22.3 Å². The summed E-state index contributed by atoms with van der Waals surface area (Å²) in [5, 5.41) is 0. The maximum atomic E-state index is 13.4. The van der Waals surface area contributed by atoms with Crippen LogP contribution in [0.3, 0.4) is 0 Å². The van der Waals surface area contributed by atoms with Crippen molar-refractivity contribution >= 4 is 9.84 Å². The zero-order chi connectivity index (χ0) is 15.5. The van der Waals surface area contributed by atoms with Crippen molar-refractivity contribution in [1.29, 1.82) is 0 Å². The number of hydrogen-bond acceptors (Lipinski definition) is 3. The van der Waals surface area contributed by atoms with Gasteiger partial charge < -0.3 is 5.73 Å². The largest absolute Gasteiger partial charge is 0.326 e. The van der Waals surface area contributed by atoms with Gasteiger partial charge in [0.15, 0.2) is 9.84 Å². The van der Waals surface area contributed by atoms with Crippen LogP contribution in [-0.4, -0.2) is 8.42 Å². The van der Waals surface area contributed by atoms with Gasteiger partial charge in [0.05, 0.1) is 11.5 Å². The summed E-state index contributed by atoms with van der Waals surface area (Å²) in [6.45, 7) is 1.97. The Hall–Kier alpha value is -1.72. The molecule has 0 aromatic heterocycles. The van der Waals surface area contributed by atoms with Crippen molar-refractivity contribution in [2.45, 2.75) is 25.0 Å². The minimum absolute atomic E-state index is 0.0238. The van der Waals surface area contributed by atoms with Gasteiger partial charge in [-0.2, -0.15) is 0 Å². The molecule has 0 saturated heterocycles. The lowest BCUT2D eigenvalue weighted by Crippen LogP contribution is -2.09. The van der Waals surface area contributed by atoms with Gasteiger partial charge in [-0.25, -0.2) is 12.8 Å². The van der Waals surface area contributed by atoms with Crippen molar-refractivity contribution in [1.82, 2.24) is 0 Å². The Balaban J connectivity index is 2.17. The van der Waals surface area contributed by atoms with Gasteiger partial charge in [0, 0.05) is 12.1 Å². The lowest BCUT2D eigenvalue weighted by Gasteiger charge is -2.07. The molecule has 0 spiro atoms. The molecule has 0 saturated carbocycles. The molecule has 0 amide bonds. The second-order valence-corrected chi connectivity index (χ2v) is 7.22. The zero-order valence-electron chi connectivity index (χ0n) is 11.8. The molecule has 0 heterocycles. The summed E-state index contributed by atoms with van der Waals surface area (Å²) in [4.78, 5) is 0. The van der Waals surface area contributed by atoms with Crippen LogP contribution in [0.4, 0.5) is 4.39 Å². The maximum absolute atomic E-state index is 13.4. The van der Waals surface area contributed by atoms with Crippen LogP contribution >= 0.6 is 0 Å². The van der Waals surface area contributed by atoms with Crippen molar-refractivity contribution in [3.63, 3.8) is 0 Å². The molecule has 0 aliphatic heterocycles. The molecular weight excluding hydrogens is 289 g/mol. The van der Waals surface area contributed by atoms with E-state index < -0.39 is 15.7 Å². The van der Waals surface area contributed by atoms with E-state index >= 15 is 0 Å². The van der Waals surface area contributed by atoms with Crippen molar-refractivity contribution in [3.05, 3.63) is 70.5 Å². The molecular formula is C16H18FNO2S. The summed E-state index contributed by atoms with van der Waals surface area (Å²) in [5.41, 5.74) is 8.11. The second-order valence-electron chi connectivity index (χ2n) is 5.15. The van der Waals surface area contributed by atoms with E-state index in [1.807, 2.05) is 25.1 Å². The topological polar surface area (TPSA) is 60.2 Å². The summed E-state index contributed by atoms with van der Waals surface area (Å²) in [6.07, 6.45) is 0. The summed E-state index contributed by atoms with van der Waals surface area (Å²) in [5.74, 6) is -0.546. The Morgan fingerprint density at radius 1 is 1.05 bits per heavy atom. The molecule has 0 aliphatic rings. The first kappa shape index (κ1) is 15.7. The lowest BCUT2D eigenvalue weighted by atomic mass is 10.1. The third kappa shape index (κ3) is 4.37. The van der Waals surface area contributed by atoms with Crippen LogP contribution in [0.5, 0.6) is 0 Å². The standard InChI is InChI=1S/C16H18FNO2S/c1-12-3-2-4-13(7-12)10-21(19,20)11-14-5-6-16(17)15(8-14)9-18/h2-8H,9-11,18H2,1H3. The van der Waals surface area contributed by atoms with Crippen LogP contribution in [0.15, 0.2) is 42.5 Å². The van der Waals surface area contributed by atoms with Crippen molar-refractivity contribution in [3.8, 4) is 0 Å². The highest BCUT2D eigenvalue weighted by atomic mass is 32.2. The van der Waals surface area contributed by atoms with Gasteiger partial charge in [-0.05, 0) is 24.1 Å². The van der Waals surface area contributed by atoms with Crippen LogP contribution in [0.25, 0.3) is 0 Å². The van der Waals surface area contributed by atoms with Crippen LogP contribution < -0.4 is 5.73 Å². The predicted molar refractivity (Wildman–Crippen MR) is 81.8 cm³/mol. The van der Waals surface area contributed by atoms with E-state index in [-0.39, 0.29) is 18.1 Å². The highest BCUT2D eigenvalue weighted by Gasteiger charge is 2.14. The molecule has 2 rings (SSSR count). The lowest BCUT2D eigenvalue weighted by molar-refractivity contribution is 0.593. The van der Waals surface area contributed by atoms with Gasteiger partial charge in [-0.1, -0.05) is 42.0 Å². The summed E-state index contributed by atoms with van der Waals surface area (Å²) in [7, 11) is -3.31. The van der Waals surface area contributed by atoms with Crippen molar-refractivity contribution in [2.24, 2.45) is 5.73 Å². The maximum Gasteiger partial charge on any atom is 0.158 e. The summed E-state index contributed by atoms with van der Waals surface area (Å²) < 4.78 is 37.8. The first-order chi connectivity index (χ1) is 9.89. The molecule has 0 radical (unpaired) electrons. The number of nitrogens with two attached hydrogens (primary N) is 1. The number of aryl methyl sites for hydroxylation is 1. The van der Waals surface area contributed by atoms with Gasteiger partial charge in [0.25, 0.3) is 0 Å². The second kappa shape index (κ2) is 6.37. The minimum atomic E-state index is -3.31. The van der Waals surface area contributed by atoms with E-state index in [0.29, 0.717) is 11.1 Å². The average molecular weight is 307 g/mol. The predicted octanol–water partition coefficient (Wildman–Crippen LogP) is 2.71. The van der Waals surface area contributed by atoms with Gasteiger partial charge in [-0.15, -0.1) is 0 Å². The molecule has 2 aromatic rings. The molecule has 2 N–H and O–H groups in total. The Morgan fingerprint density at radius 2 is 1.71 bits per heavy atom. The molecule has 21 heavy (non-hydrogen) atoms. The third-order valence-corrected chi connectivity index (χ3v) is 4.73. The highest BCUT2D eigenvalue weighted by molar-refractivity contribution is 7.89. The molecule has 5 heteroatoms. The number of benzene rings is 2. The molecule has 0 fully saturated rings. The van der Waals surface area contributed by atoms with Gasteiger partial charge in [-0.3, -0.25) is 0 Å². The molecule has 0 aliphatic carbocycles. The first-order valence-electron chi connectivity index (χ1n) is 6.63. The Morgan fingerprint density at radius 3 is 2.33 bits per heavy atom. The van der Waals surface area contributed by atoms with Crippen molar-refractivity contribution < 1.29 is 12.8 Å².